The molecule has 0 bridgehead atoms. The minimum absolute atomic E-state index is 0.314. The van der Waals surface area contributed by atoms with Crippen LogP contribution in [-0.4, -0.2) is 21.7 Å². The highest BCUT2D eigenvalue weighted by Gasteiger charge is 2.20. The predicted molar refractivity (Wildman–Crippen MR) is 151 cm³/mol. The molecule has 0 fully saturated rings. The molecule has 4 aromatic rings. The lowest BCUT2D eigenvalue weighted by molar-refractivity contribution is -0.145. The van der Waals surface area contributed by atoms with Gasteiger partial charge >= 0.3 is 5.97 Å². The van der Waals surface area contributed by atoms with Gasteiger partial charge in [-0.25, -0.2) is 4.79 Å². The van der Waals surface area contributed by atoms with Gasteiger partial charge in [-0.05, 0) is 85.0 Å². The number of benzene rings is 3. The Labute approximate surface area is 220 Å². The van der Waals surface area contributed by atoms with Crippen LogP contribution in [0.5, 0.6) is 5.75 Å². The van der Waals surface area contributed by atoms with Crippen LogP contribution in [0.3, 0.4) is 0 Å². The average molecular weight is 496 g/mol. The maximum absolute atomic E-state index is 11.8. The quantitative estimate of drug-likeness (QED) is 0.191. The highest BCUT2D eigenvalue weighted by atomic mass is 16.5. The van der Waals surface area contributed by atoms with Crippen LogP contribution in [0.15, 0.2) is 91.0 Å². The van der Waals surface area contributed by atoms with Gasteiger partial charge in [0, 0.05) is 17.8 Å². The molecule has 0 aliphatic heterocycles. The maximum Gasteiger partial charge on any atom is 0.345 e. The van der Waals surface area contributed by atoms with E-state index in [1.807, 2.05) is 54.6 Å². The van der Waals surface area contributed by atoms with Crippen molar-refractivity contribution in [3.8, 4) is 22.7 Å². The zero-order chi connectivity index (χ0) is 26.0. The number of hydrogen-bond acceptors (Lipinski definition) is 2. The molecule has 4 nitrogen and oxygen atoms in total. The van der Waals surface area contributed by atoms with Gasteiger partial charge in [-0.15, -0.1) is 0 Å². The molecular formula is C33H37NO3. The summed E-state index contributed by atoms with van der Waals surface area (Å²) in [7, 11) is 0. The van der Waals surface area contributed by atoms with E-state index in [1.54, 1.807) is 0 Å². The van der Waals surface area contributed by atoms with Gasteiger partial charge < -0.3 is 14.4 Å². The van der Waals surface area contributed by atoms with Crippen molar-refractivity contribution >= 4 is 5.97 Å². The summed E-state index contributed by atoms with van der Waals surface area (Å²) in [6.07, 6.45) is 6.98. The largest absolute Gasteiger partial charge is 0.478 e. The van der Waals surface area contributed by atoms with E-state index in [-0.39, 0.29) is 0 Å². The molecule has 0 amide bonds. The van der Waals surface area contributed by atoms with Crippen molar-refractivity contribution < 1.29 is 14.6 Å². The summed E-state index contributed by atoms with van der Waals surface area (Å²) in [5.74, 6) is -0.424. The third-order valence-electron chi connectivity index (χ3n) is 6.81. The number of carboxylic acid groups (broad SMARTS) is 1. The first-order chi connectivity index (χ1) is 18.0. The van der Waals surface area contributed by atoms with Gasteiger partial charge in [0.25, 0.3) is 0 Å². The molecule has 1 N–H and O–H groups in total. The number of aromatic nitrogens is 1. The van der Waals surface area contributed by atoms with Crippen LogP contribution in [0.4, 0.5) is 0 Å². The molecule has 1 aromatic heterocycles. The summed E-state index contributed by atoms with van der Waals surface area (Å²) < 4.78 is 8.11. The molecule has 4 heteroatoms. The first-order valence-corrected chi connectivity index (χ1v) is 13.4. The van der Waals surface area contributed by atoms with E-state index in [2.05, 4.69) is 54.8 Å². The van der Waals surface area contributed by atoms with E-state index in [9.17, 15) is 9.90 Å². The molecule has 0 radical (unpaired) electrons. The number of carboxylic acids is 1. The monoisotopic (exact) mass is 495 g/mol. The number of carbonyl (C=O) groups is 1. The number of unbranched alkanes of at least 4 members (excludes halogenated alkanes) is 4. The lowest BCUT2D eigenvalue weighted by atomic mass is 10.1. The molecule has 0 aliphatic carbocycles. The van der Waals surface area contributed by atoms with Crippen LogP contribution >= 0.6 is 0 Å². The van der Waals surface area contributed by atoms with E-state index >= 15 is 0 Å². The highest BCUT2D eigenvalue weighted by molar-refractivity contribution is 5.73. The zero-order valence-electron chi connectivity index (χ0n) is 21.9. The van der Waals surface area contributed by atoms with Crippen LogP contribution < -0.4 is 4.74 Å². The summed E-state index contributed by atoms with van der Waals surface area (Å²) in [5, 5.41) is 9.67. The highest BCUT2D eigenvalue weighted by Crippen LogP contribution is 2.29. The van der Waals surface area contributed by atoms with Gasteiger partial charge in [-0.2, -0.15) is 0 Å². The Morgan fingerprint density at radius 2 is 1.51 bits per heavy atom. The summed E-state index contributed by atoms with van der Waals surface area (Å²) in [4.78, 5) is 11.8. The first-order valence-electron chi connectivity index (χ1n) is 13.4. The van der Waals surface area contributed by atoms with Gasteiger partial charge in [0.05, 0.1) is 5.69 Å². The molecule has 3 aromatic carbocycles. The molecule has 37 heavy (non-hydrogen) atoms. The number of hydrogen-bond donors (Lipinski definition) is 1. The molecular weight excluding hydrogens is 458 g/mol. The fourth-order valence-corrected chi connectivity index (χ4v) is 4.73. The first kappa shape index (κ1) is 26.3. The zero-order valence-corrected chi connectivity index (χ0v) is 21.9. The third-order valence-corrected chi connectivity index (χ3v) is 6.81. The summed E-state index contributed by atoms with van der Waals surface area (Å²) in [6, 6.07) is 30.4. The Morgan fingerprint density at radius 3 is 2.19 bits per heavy atom. The van der Waals surface area contributed by atoms with Crippen LogP contribution in [0.1, 0.15) is 55.8 Å². The van der Waals surface area contributed by atoms with Gasteiger partial charge in [0.2, 0.25) is 0 Å². The van der Waals surface area contributed by atoms with Crippen LogP contribution in [0.2, 0.25) is 0 Å². The van der Waals surface area contributed by atoms with Gasteiger partial charge in [0.15, 0.2) is 6.10 Å². The lowest BCUT2D eigenvalue weighted by Crippen LogP contribution is -2.29. The summed E-state index contributed by atoms with van der Waals surface area (Å²) in [6.45, 7) is 4.37. The second-order valence-electron chi connectivity index (χ2n) is 9.68. The number of rotatable bonds is 13. The molecule has 0 saturated carbocycles. The molecule has 0 spiro atoms. The fourth-order valence-electron chi connectivity index (χ4n) is 4.73. The summed E-state index contributed by atoms with van der Waals surface area (Å²) >= 11 is 0. The molecule has 1 heterocycles. The minimum atomic E-state index is -0.971. The standard InChI is InChI=1S/C33H37NO3/c1-3-4-5-6-8-11-26-15-19-29(20-16-26)34-25(2)14-23-31(34)28-17-21-30(22-18-28)37-32(33(35)36)24-27-12-9-7-10-13-27/h7,9-10,12-23,32H,3-6,8,11,24H2,1-2H3,(H,35,36)/t32-/m1/s1. The predicted octanol–water partition coefficient (Wildman–Crippen LogP) is 8.04. The second kappa shape index (κ2) is 13.0. The van der Waals surface area contributed by atoms with E-state index in [0.717, 1.165) is 34.6 Å². The van der Waals surface area contributed by atoms with Crippen molar-refractivity contribution in [3.63, 3.8) is 0 Å². The van der Waals surface area contributed by atoms with Crippen molar-refractivity contribution in [2.24, 2.45) is 0 Å². The smallest absolute Gasteiger partial charge is 0.345 e. The van der Waals surface area contributed by atoms with E-state index < -0.39 is 12.1 Å². The summed E-state index contributed by atoms with van der Waals surface area (Å²) in [5.41, 5.74) is 6.77. The van der Waals surface area contributed by atoms with Crippen molar-refractivity contribution in [3.05, 3.63) is 108 Å². The Kier molecular flexibility index (Phi) is 9.20. The topological polar surface area (TPSA) is 51.5 Å². The molecule has 4 rings (SSSR count). The number of nitrogens with zero attached hydrogens (tertiary/aromatic N) is 1. The molecule has 1 atom stereocenters. The van der Waals surface area contributed by atoms with Gasteiger partial charge in [-0.3, -0.25) is 0 Å². The van der Waals surface area contributed by atoms with Crippen molar-refractivity contribution in [2.45, 2.75) is 64.9 Å². The number of aryl methyl sites for hydroxylation is 2. The Balaban J connectivity index is 1.45. The second-order valence-corrected chi connectivity index (χ2v) is 9.68. The molecule has 0 unspecified atom stereocenters. The van der Waals surface area contributed by atoms with Gasteiger partial charge in [-0.1, -0.05) is 75.1 Å². The molecule has 192 valence electrons. The van der Waals surface area contributed by atoms with Crippen LogP contribution in [0.25, 0.3) is 16.9 Å². The van der Waals surface area contributed by atoms with Gasteiger partial charge in [0.1, 0.15) is 5.75 Å². The third kappa shape index (κ3) is 7.13. The minimum Gasteiger partial charge on any atom is -0.478 e. The molecule has 0 saturated heterocycles. The fraction of sp³-hybridized carbons (Fsp3) is 0.303. The van der Waals surface area contributed by atoms with E-state index in [1.165, 1.54) is 37.7 Å². The number of aliphatic carboxylic acids is 1. The Hall–Kier alpha value is -3.79. The lowest BCUT2D eigenvalue weighted by Gasteiger charge is -2.16. The van der Waals surface area contributed by atoms with E-state index in [4.69, 9.17) is 4.74 Å². The van der Waals surface area contributed by atoms with Crippen molar-refractivity contribution in [2.75, 3.05) is 0 Å². The molecule has 0 aliphatic rings. The normalized spacial score (nSPS) is 11.8. The van der Waals surface area contributed by atoms with Crippen molar-refractivity contribution in [1.82, 2.24) is 4.57 Å². The van der Waals surface area contributed by atoms with E-state index in [0.29, 0.717) is 12.2 Å². The Morgan fingerprint density at radius 1 is 0.811 bits per heavy atom. The number of ether oxygens (including phenoxy) is 1. The SMILES string of the molecule is CCCCCCCc1ccc(-n2c(C)ccc2-c2ccc(O[C@H](Cc3ccccc3)C(=O)O)cc2)cc1. The van der Waals surface area contributed by atoms with Crippen LogP contribution in [0, 0.1) is 6.92 Å². The maximum atomic E-state index is 11.8. The Bertz CT molecular complexity index is 1260. The van der Waals surface area contributed by atoms with Crippen LogP contribution in [-0.2, 0) is 17.6 Å². The average Bonchev–Trinajstić information content (AvgIpc) is 3.30. The van der Waals surface area contributed by atoms with Crippen molar-refractivity contribution in [1.29, 1.82) is 0 Å².